The Bertz CT molecular complexity index is 915. The molecule has 0 aliphatic rings. The van der Waals surface area contributed by atoms with Crippen molar-refractivity contribution in [1.29, 1.82) is 0 Å². The average Bonchev–Trinajstić information content (AvgIpc) is 2.65. The number of nitrogens with one attached hydrogen (secondary N) is 3. The van der Waals surface area contributed by atoms with Crippen molar-refractivity contribution in [2.24, 2.45) is 0 Å². The standard InChI is InChI=1S/C17H13FN4O4S/c18-12-8-5-11(6-9-12)7-10-15(23)19-17(27)21-20-16(24)13-3-1-2-4-14(13)22(25)26/h1-10H,(H,20,24)(H2,19,21,23,27). The first-order chi connectivity index (χ1) is 12.9. The molecule has 10 heteroatoms. The third-order valence-corrected chi connectivity index (χ3v) is 3.37. The fraction of sp³-hybridized carbons (Fsp3) is 0. The van der Waals surface area contributed by atoms with Gasteiger partial charge in [-0.25, -0.2) is 4.39 Å². The third-order valence-electron chi connectivity index (χ3n) is 3.17. The minimum Gasteiger partial charge on any atom is -0.298 e. The predicted octanol–water partition coefficient (Wildman–Crippen LogP) is 2.08. The Morgan fingerprint density at radius 3 is 2.41 bits per heavy atom. The maximum atomic E-state index is 12.8. The lowest BCUT2D eigenvalue weighted by molar-refractivity contribution is -0.385. The van der Waals surface area contributed by atoms with E-state index >= 15 is 0 Å². The number of carbonyl (C=O) groups excluding carboxylic acids is 2. The second kappa shape index (κ2) is 9.15. The summed E-state index contributed by atoms with van der Waals surface area (Å²) in [5.74, 6) is -1.77. The number of rotatable bonds is 4. The van der Waals surface area contributed by atoms with Gasteiger partial charge in [0.1, 0.15) is 11.4 Å². The molecule has 2 aromatic carbocycles. The SMILES string of the molecule is O=C(C=Cc1ccc(F)cc1)NC(=S)NNC(=O)c1ccccc1[N+](=O)[O-]. The van der Waals surface area contributed by atoms with Crippen molar-refractivity contribution >= 4 is 40.9 Å². The number of hydrogen-bond acceptors (Lipinski definition) is 5. The first-order valence-electron chi connectivity index (χ1n) is 7.45. The zero-order valence-electron chi connectivity index (χ0n) is 13.6. The molecule has 0 saturated carbocycles. The van der Waals surface area contributed by atoms with Gasteiger partial charge < -0.3 is 0 Å². The summed E-state index contributed by atoms with van der Waals surface area (Å²) < 4.78 is 12.8. The molecule has 2 amide bonds. The summed E-state index contributed by atoms with van der Waals surface area (Å²) in [7, 11) is 0. The van der Waals surface area contributed by atoms with E-state index in [0.717, 1.165) is 0 Å². The molecule has 27 heavy (non-hydrogen) atoms. The van der Waals surface area contributed by atoms with Crippen molar-refractivity contribution in [1.82, 2.24) is 16.2 Å². The van der Waals surface area contributed by atoms with Gasteiger partial charge in [-0.05, 0) is 42.1 Å². The molecule has 0 radical (unpaired) electrons. The van der Waals surface area contributed by atoms with Crippen LogP contribution < -0.4 is 16.2 Å². The van der Waals surface area contributed by atoms with Crippen LogP contribution in [0.4, 0.5) is 10.1 Å². The summed E-state index contributed by atoms with van der Waals surface area (Å²) in [5, 5.41) is 13.0. The van der Waals surface area contributed by atoms with Crippen LogP contribution in [0, 0.1) is 15.9 Å². The van der Waals surface area contributed by atoms with E-state index in [1.807, 2.05) is 0 Å². The summed E-state index contributed by atoms with van der Waals surface area (Å²) in [6, 6.07) is 10.9. The Balaban J connectivity index is 1.87. The van der Waals surface area contributed by atoms with Crippen molar-refractivity contribution in [3.05, 3.63) is 81.7 Å². The smallest absolute Gasteiger partial charge is 0.282 e. The van der Waals surface area contributed by atoms with Crippen molar-refractivity contribution in [3.63, 3.8) is 0 Å². The van der Waals surface area contributed by atoms with Gasteiger partial charge in [-0.2, -0.15) is 0 Å². The Labute approximate surface area is 158 Å². The van der Waals surface area contributed by atoms with E-state index < -0.39 is 22.6 Å². The molecule has 0 aromatic heterocycles. The van der Waals surface area contributed by atoms with E-state index in [0.29, 0.717) is 5.56 Å². The van der Waals surface area contributed by atoms with E-state index in [2.05, 4.69) is 16.2 Å². The fourth-order valence-corrected chi connectivity index (χ4v) is 2.09. The second-order valence-electron chi connectivity index (χ2n) is 5.06. The van der Waals surface area contributed by atoms with E-state index in [9.17, 15) is 24.1 Å². The molecule has 3 N–H and O–H groups in total. The van der Waals surface area contributed by atoms with E-state index in [1.165, 1.54) is 60.7 Å². The number of nitro benzene ring substituents is 1. The molecule has 0 aliphatic carbocycles. The number of benzene rings is 2. The number of nitrogens with zero attached hydrogens (tertiary/aromatic N) is 1. The topological polar surface area (TPSA) is 113 Å². The van der Waals surface area contributed by atoms with Gasteiger partial charge in [0.05, 0.1) is 4.92 Å². The number of amides is 2. The van der Waals surface area contributed by atoms with Crippen molar-refractivity contribution in [2.75, 3.05) is 0 Å². The van der Waals surface area contributed by atoms with Crippen LogP contribution in [-0.4, -0.2) is 21.9 Å². The molecule has 0 aliphatic heterocycles. The number of para-hydroxylation sites is 1. The normalized spacial score (nSPS) is 10.3. The van der Waals surface area contributed by atoms with Gasteiger partial charge in [0, 0.05) is 12.1 Å². The van der Waals surface area contributed by atoms with E-state index in [-0.39, 0.29) is 16.4 Å². The summed E-state index contributed by atoms with van der Waals surface area (Å²) in [4.78, 5) is 34.0. The lowest BCUT2D eigenvalue weighted by Gasteiger charge is -2.09. The van der Waals surface area contributed by atoms with Crippen LogP contribution in [0.3, 0.4) is 0 Å². The van der Waals surface area contributed by atoms with Crippen LogP contribution >= 0.6 is 12.2 Å². The second-order valence-corrected chi connectivity index (χ2v) is 5.46. The number of hydrogen-bond donors (Lipinski definition) is 3. The van der Waals surface area contributed by atoms with E-state index in [1.54, 1.807) is 0 Å². The molecular weight excluding hydrogens is 375 g/mol. The zero-order valence-corrected chi connectivity index (χ0v) is 14.5. The molecule has 0 fully saturated rings. The third kappa shape index (κ3) is 5.97. The molecule has 138 valence electrons. The molecule has 8 nitrogen and oxygen atoms in total. The highest BCUT2D eigenvalue weighted by Gasteiger charge is 2.19. The molecule has 2 rings (SSSR count). The highest BCUT2D eigenvalue weighted by atomic mass is 32.1. The Morgan fingerprint density at radius 2 is 1.74 bits per heavy atom. The first kappa shape index (κ1) is 19.7. The molecule has 0 saturated heterocycles. The lowest BCUT2D eigenvalue weighted by atomic mass is 10.2. The highest BCUT2D eigenvalue weighted by Crippen LogP contribution is 2.16. The molecule has 0 bridgehead atoms. The van der Waals surface area contributed by atoms with Crippen molar-refractivity contribution in [2.45, 2.75) is 0 Å². The highest BCUT2D eigenvalue weighted by molar-refractivity contribution is 7.80. The molecule has 0 spiro atoms. The maximum absolute atomic E-state index is 12.8. The number of nitro groups is 1. The molecule has 2 aromatic rings. The van der Waals surface area contributed by atoms with E-state index in [4.69, 9.17) is 12.2 Å². The number of carbonyl (C=O) groups is 2. The summed E-state index contributed by atoms with van der Waals surface area (Å²) in [6.45, 7) is 0. The van der Waals surface area contributed by atoms with Crippen molar-refractivity contribution in [3.8, 4) is 0 Å². The predicted molar refractivity (Wildman–Crippen MR) is 99.9 cm³/mol. The largest absolute Gasteiger partial charge is 0.298 e. The summed E-state index contributed by atoms with van der Waals surface area (Å²) in [6.07, 6.45) is 2.62. The first-order valence-corrected chi connectivity index (χ1v) is 7.86. The van der Waals surface area contributed by atoms with Crippen molar-refractivity contribution < 1.29 is 18.9 Å². The monoisotopic (exact) mass is 388 g/mol. The fourth-order valence-electron chi connectivity index (χ4n) is 1.94. The van der Waals surface area contributed by atoms with Gasteiger partial charge in [-0.1, -0.05) is 24.3 Å². The van der Waals surface area contributed by atoms with Gasteiger partial charge in [0.2, 0.25) is 5.91 Å². The van der Waals surface area contributed by atoms with Gasteiger partial charge >= 0.3 is 0 Å². The summed E-state index contributed by atoms with van der Waals surface area (Å²) in [5.41, 5.74) is 4.52. The van der Waals surface area contributed by atoms with Crippen LogP contribution in [0.1, 0.15) is 15.9 Å². The van der Waals surface area contributed by atoms with Gasteiger partial charge in [-0.15, -0.1) is 0 Å². The number of thiocarbonyl (C=S) groups is 1. The molecule has 0 heterocycles. The average molecular weight is 388 g/mol. The Hall–Kier alpha value is -3.66. The van der Waals surface area contributed by atoms with Crippen LogP contribution in [0.25, 0.3) is 6.08 Å². The van der Waals surface area contributed by atoms with Gasteiger partial charge in [0.25, 0.3) is 11.6 Å². The molecule has 0 unspecified atom stereocenters. The zero-order chi connectivity index (χ0) is 19.8. The summed E-state index contributed by atoms with van der Waals surface area (Å²) >= 11 is 4.86. The molecular formula is C17H13FN4O4S. The number of halogens is 1. The van der Waals surface area contributed by atoms with Crippen LogP contribution in [-0.2, 0) is 4.79 Å². The van der Waals surface area contributed by atoms with Gasteiger partial charge in [0.15, 0.2) is 5.11 Å². The molecule has 0 atom stereocenters. The van der Waals surface area contributed by atoms with Crippen LogP contribution in [0.15, 0.2) is 54.6 Å². The minimum atomic E-state index is -0.791. The Morgan fingerprint density at radius 1 is 1.07 bits per heavy atom. The lowest BCUT2D eigenvalue weighted by Crippen LogP contribution is -2.48. The van der Waals surface area contributed by atoms with Gasteiger partial charge in [-0.3, -0.25) is 35.9 Å². The maximum Gasteiger partial charge on any atom is 0.282 e. The minimum absolute atomic E-state index is 0.166. The quantitative estimate of drug-likeness (QED) is 0.320. The van der Waals surface area contributed by atoms with Crippen LogP contribution in [0.2, 0.25) is 0 Å². The Kier molecular flexibility index (Phi) is 6.67. The number of hydrazine groups is 1. The van der Waals surface area contributed by atoms with Crippen LogP contribution in [0.5, 0.6) is 0 Å².